The number of hydrogen-bond acceptors (Lipinski definition) is 3. The fourth-order valence-electron chi connectivity index (χ4n) is 3.44. The molecule has 3 fully saturated rings. The van der Waals surface area contributed by atoms with Crippen LogP contribution in [0.4, 0.5) is 0 Å². The van der Waals surface area contributed by atoms with E-state index >= 15 is 0 Å². The van der Waals surface area contributed by atoms with Crippen LogP contribution >= 0.6 is 0 Å². The molecule has 0 radical (unpaired) electrons. The zero-order valence-electron chi connectivity index (χ0n) is 10.4. The van der Waals surface area contributed by atoms with Crippen LogP contribution in [0.25, 0.3) is 0 Å². The Morgan fingerprint density at radius 2 is 2.24 bits per heavy atom. The molecule has 0 saturated carbocycles. The second-order valence-corrected chi connectivity index (χ2v) is 5.60. The van der Waals surface area contributed by atoms with Crippen molar-refractivity contribution >= 4 is 5.91 Å². The summed E-state index contributed by atoms with van der Waals surface area (Å²) in [5.74, 6) is 1.17. The third-order valence-corrected chi connectivity index (χ3v) is 4.48. The Hall–Kier alpha value is -0.610. The molecule has 0 bridgehead atoms. The van der Waals surface area contributed by atoms with E-state index in [4.69, 9.17) is 4.74 Å². The first kappa shape index (κ1) is 11.5. The van der Waals surface area contributed by atoms with Gasteiger partial charge in [-0.1, -0.05) is 0 Å². The van der Waals surface area contributed by atoms with Crippen molar-refractivity contribution < 1.29 is 9.53 Å². The lowest BCUT2D eigenvalue weighted by atomic mass is 9.91. The van der Waals surface area contributed by atoms with E-state index in [0.29, 0.717) is 24.5 Å². The van der Waals surface area contributed by atoms with Gasteiger partial charge in [0.05, 0.1) is 12.5 Å². The second-order valence-electron chi connectivity index (χ2n) is 5.60. The maximum atomic E-state index is 12.4. The molecule has 3 aliphatic heterocycles. The summed E-state index contributed by atoms with van der Waals surface area (Å²) in [7, 11) is 0. The number of hydrogen-bond donors (Lipinski definition) is 1. The lowest BCUT2D eigenvalue weighted by Crippen LogP contribution is -2.49. The number of carbonyl (C=O) groups excluding carboxylic acids is 1. The standard InChI is InChI=1S/C13H22N2O2/c16-13(11-2-1-7-17-9-11)15-6-4-12-10(8-15)3-5-14-12/h10-12,14H,1-9H2. The molecule has 17 heavy (non-hydrogen) atoms. The summed E-state index contributed by atoms with van der Waals surface area (Å²) in [6.07, 6.45) is 4.42. The van der Waals surface area contributed by atoms with Crippen molar-refractivity contribution in [3.63, 3.8) is 0 Å². The van der Waals surface area contributed by atoms with E-state index in [9.17, 15) is 4.79 Å². The zero-order valence-corrected chi connectivity index (χ0v) is 10.4. The molecule has 3 aliphatic rings. The molecule has 3 rings (SSSR count). The molecule has 4 nitrogen and oxygen atoms in total. The predicted molar refractivity (Wildman–Crippen MR) is 64.6 cm³/mol. The average molecular weight is 238 g/mol. The minimum absolute atomic E-state index is 0.134. The molecule has 3 atom stereocenters. The molecule has 1 amide bonds. The van der Waals surface area contributed by atoms with Crippen LogP contribution in [-0.2, 0) is 9.53 Å². The molecule has 3 unspecified atom stereocenters. The highest BCUT2D eigenvalue weighted by Gasteiger charge is 2.36. The van der Waals surface area contributed by atoms with E-state index in [0.717, 1.165) is 45.5 Å². The SMILES string of the molecule is O=C(C1CCCOC1)N1CCC2NCCC2C1. The van der Waals surface area contributed by atoms with Gasteiger partial charge in [0.1, 0.15) is 0 Å². The van der Waals surface area contributed by atoms with Crippen LogP contribution in [0.15, 0.2) is 0 Å². The van der Waals surface area contributed by atoms with Crippen LogP contribution in [0.2, 0.25) is 0 Å². The van der Waals surface area contributed by atoms with E-state index in [-0.39, 0.29) is 5.92 Å². The van der Waals surface area contributed by atoms with Gasteiger partial charge in [0.2, 0.25) is 5.91 Å². The number of nitrogens with zero attached hydrogens (tertiary/aromatic N) is 1. The number of ether oxygens (including phenoxy) is 1. The molecule has 1 N–H and O–H groups in total. The fourth-order valence-corrected chi connectivity index (χ4v) is 3.44. The molecule has 3 saturated heterocycles. The van der Waals surface area contributed by atoms with Crippen LogP contribution in [0.1, 0.15) is 25.7 Å². The Morgan fingerprint density at radius 1 is 1.29 bits per heavy atom. The molecule has 96 valence electrons. The lowest BCUT2D eigenvalue weighted by molar-refractivity contribution is -0.141. The minimum Gasteiger partial charge on any atom is -0.381 e. The fraction of sp³-hybridized carbons (Fsp3) is 0.923. The van der Waals surface area contributed by atoms with Gasteiger partial charge < -0.3 is 15.0 Å². The third kappa shape index (κ3) is 2.33. The van der Waals surface area contributed by atoms with Crippen molar-refractivity contribution in [1.29, 1.82) is 0 Å². The van der Waals surface area contributed by atoms with Crippen LogP contribution in [0.5, 0.6) is 0 Å². The summed E-state index contributed by atoms with van der Waals surface area (Å²) in [5.41, 5.74) is 0. The Balaban J connectivity index is 1.58. The van der Waals surface area contributed by atoms with E-state index in [1.165, 1.54) is 6.42 Å². The van der Waals surface area contributed by atoms with Gasteiger partial charge in [-0.2, -0.15) is 0 Å². The van der Waals surface area contributed by atoms with Gasteiger partial charge in [-0.25, -0.2) is 0 Å². The van der Waals surface area contributed by atoms with Crippen molar-refractivity contribution in [2.24, 2.45) is 11.8 Å². The maximum absolute atomic E-state index is 12.4. The summed E-state index contributed by atoms with van der Waals surface area (Å²) in [4.78, 5) is 14.5. The van der Waals surface area contributed by atoms with Crippen LogP contribution < -0.4 is 5.32 Å². The summed E-state index contributed by atoms with van der Waals surface area (Å²) in [6.45, 7) is 4.50. The van der Waals surface area contributed by atoms with Gasteiger partial charge in [0, 0.05) is 25.7 Å². The van der Waals surface area contributed by atoms with Gasteiger partial charge in [0.15, 0.2) is 0 Å². The van der Waals surface area contributed by atoms with Crippen LogP contribution in [-0.4, -0.2) is 49.7 Å². The number of nitrogens with one attached hydrogen (secondary N) is 1. The van der Waals surface area contributed by atoms with Gasteiger partial charge in [-0.15, -0.1) is 0 Å². The highest BCUT2D eigenvalue weighted by molar-refractivity contribution is 5.79. The van der Waals surface area contributed by atoms with Crippen molar-refractivity contribution in [3.05, 3.63) is 0 Å². The summed E-state index contributed by atoms with van der Waals surface area (Å²) >= 11 is 0. The highest BCUT2D eigenvalue weighted by Crippen LogP contribution is 2.26. The van der Waals surface area contributed by atoms with E-state index in [2.05, 4.69) is 10.2 Å². The number of fused-ring (bicyclic) bond motifs is 1. The summed E-state index contributed by atoms with van der Waals surface area (Å²) in [6, 6.07) is 0.668. The van der Waals surface area contributed by atoms with Gasteiger partial charge in [-0.3, -0.25) is 4.79 Å². The normalized spacial score (nSPS) is 37.9. The lowest BCUT2D eigenvalue weighted by Gasteiger charge is -2.37. The third-order valence-electron chi connectivity index (χ3n) is 4.48. The number of likely N-dealkylation sites (tertiary alicyclic amines) is 1. The quantitative estimate of drug-likeness (QED) is 0.728. The van der Waals surface area contributed by atoms with Crippen LogP contribution in [0, 0.1) is 11.8 Å². The molecule has 4 heteroatoms. The summed E-state index contributed by atoms with van der Waals surface area (Å²) in [5, 5.41) is 3.53. The molecule has 0 spiro atoms. The first-order chi connectivity index (χ1) is 8.34. The van der Waals surface area contributed by atoms with Crippen LogP contribution in [0.3, 0.4) is 0 Å². The van der Waals surface area contributed by atoms with Crippen molar-refractivity contribution in [2.45, 2.75) is 31.7 Å². The van der Waals surface area contributed by atoms with E-state index < -0.39 is 0 Å². The zero-order chi connectivity index (χ0) is 11.7. The second kappa shape index (κ2) is 4.94. The Bertz CT molecular complexity index is 289. The van der Waals surface area contributed by atoms with Crippen molar-refractivity contribution in [2.75, 3.05) is 32.8 Å². The molecule has 3 heterocycles. The number of rotatable bonds is 1. The molecule has 0 aromatic carbocycles. The average Bonchev–Trinajstić information content (AvgIpc) is 2.86. The van der Waals surface area contributed by atoms with Gasteiger partial charge in [-0.05, 0) is 38.1 Å². The highest BCUT2D eigenvalue weighted by atomic mass is 16.5. The molecule has 0 aromatic rings. The molecule has 0 aliphatic carbocycles. The first-order valence-corrected chi connectivity index (χ1v) is 6.94. The summed E-state index contributed by atoms with van der Waals surface area (Å²) < 4.78 is 5.42. The molecule has 0 aromatic heterocycles. The Kier molecular flexibility index (Phi) is 3.34. The predicted octanol–water partition coefficient (Wildman–Crippen LogP) is 0.623. The number of carbonyl (C=O) groups is 1. The topological polar surface area (TPSA) is 41.6 Å². The van der Waals surface area contributed by atoms with E-state index in [1.54, 1.807) is 0 Å². The minimum atomic E-state index is 0.134. The first-order valence-electron chi connectivity index (χ1n) is 6.94. The van der Waals surface area contributed by atoms with E-state index in [1.807, 2.05) is 0 Å². The maximum Gasteiger partial charge on any atom is 0.228 e. The Labute approximate surface area is 103 Å². The monoisotopic (exact) mass is 238 g/mol. The smallest absolute Gasteiger partial charge is 0.228 e. The largest absolute Gasteiger partial charge is 0.381 e. The van der Waals surface area contributed by atoms with Gasteiger partial charge >= 0.3 is 0 Å². The number of amides is 1. The molecular formula is C13H22N2O2. The van der Waals surface area contributed by atoms with Crippen molar-refractivity contribution in [3.8, 4) is 0 Å². The molecular weight excluding hydrogens is 216 g/mol. The van der Waals surface area contributed by atoms with Crippen molar-refractivity contribution in [1.82, 2.24) is 10.2 Å². The van der Waals surface area contributed by atoms with Gasteiger partial charge in [0.25, 0.3) is 0 Å². The number of piperidine rings is 1. The Morgan fingerprint density at radius 3 is 3.06 bits per heavy atom.